The summed E-state index contributed by atoms with van der Waals surface area (Å²) in [7, 11) is 0. The Morgan fingerprint density at radius 2 is 1.07 bits per heavy atom. The van der Waals surface area contributed by atoms with E-state index in [0.717, 1.165) is 0 Å². The van der Waals surface area contributed by atoms with E-state index in [9.17, 15) is 24.6 Å². The van der Waals surface area contributed by atoms with Crippen molar-refractivity contribution in [2.24, 2.45) is 0 Å². The van der Waals surface area contributed by atoms with Crippen molar-refractivity contribution in [2.75, 3.05) is 0 Å². The number of carboxylic acid groups (broad SMARTS) is 2. The van der Waals surface area contributed by atoms with Crippen LogP contribution in [0.4, 0.5) is 14.4 Å². The van der Waals surface area contributed by atoms with Gasteiger partial charge in [-0.05, 0) is 0 Å². The molecule has 0 saturated carbocycles. The second-order valence-corrected chi connectivity index (χ2v) is 0.954. The Balaban J connectivity index is -0.0000000145. The third kappa shape index (κ3) is 24.4. The molecule has 11 heteroatoms. The summed E-state index contributed by atoms with van der Waals surface area (Å²) in [6.45, 7) is 0. The Kier molecular flexibility index (Phi) is 40.1. The van der Waals surface area contributed by atoms with Crippen molar-refractivity contribution in [3.05, 3.63) is 0 Å². The number of hydrogen-bond acceptors (Lipinski definition) is 7. The minimum absolute atomic E-state index is 0. The van der Waals surface area contributed by atoms with Gasteiger partial charge in [-0.2, -0.15) is 0 Å². The maximum Gasteiger partial charge on any atom is 2.00 e. The van der Waals surface area contributed by atoms with Gasteiger partial charge in [0.05, 0.1) is 0 Å². The summed E-state index contributed by atoms with van der Waals surface area (Å²) in [5, 5.41) is 18.7. The zero-order chi connectivity index (χ0) is 8.15. The fraction of sp³-hybridized carbons (Fsp3) is 0. The van der Waals surface area contributed by atoms with E-state index < -0.39 is 18.5 Å². The standard InChI is InChI=1S/C3H2O7.2Na.2Sr.4H/c4-1(5)9-3(8)10-2(6)7;;;;;;;;/h(H,4,5)(H,6,7);;;;;;;;/q;2*+1;2*+2;4*-1/p-2. The van der Waals surface area contributed by atoms with Crippen LogP contribution in [0.3, 0.4) is 0 Å². The minimum atomic E-state index is -2.20. The van der Waals surface area contributed by atoms with Gasteiger partial charge in [-0.15, -0.1) is 0 Å². The fourth-order valence-electron chi connectivity index (χ4n) is 0.157. The number of carbonyl (C=O) groups excluding carboxylic acids is 3. The summed E-state index contributed by atoms with van der Waals surface area (Å²) in [4.78, 5) is 28.5. The summed E-state index contributed by atoms with van der Waals surface area (Å²) >= 11 is 0. The van der Waals surface area contributed by atoms with Crippen LogP contribution in [-0.2, 0) is 9.47 Å². The fourth-order valence-corrected chi connectivity index (χ4v) is 0.157. The van der Waals surface area contributed by atoms with Gasteiger partial charge in [-0.25, -0.2) is 4.79 Å². The van der Waals surface area contributed by atoms with Crippen LogP contribution in [0, 0.1) is 0 Å². The Morgan fingerprint density at radius 1 is 0.857 bits per heavy atom. The number of rotatable bonds is 0. The van der Waals surface area contributed by atoms with E-state index in [1.54, 1.807) is 0 Å². The molecule has 0 atom stereocenters. The Labute approximate surface area is 203 Å². The molecule has 0 aliphatic rings. The molecule has 0 aromatic rings. The van der Waals surface area contributed by atoms with Crippen molar-refractivity contribution >= 4 is 109 Å². The van der Waals surface area contributed by atoms with Crippen LogP contribution in [0.25, 0.3) is 0 Å². The van der Waals surface area contributed by atoms with Gasteiger partial charge < -0.3 is 35.0 Å². The van der Waals surface area contributed by atoms with Crippen molar-refractivity contribution in [1.82, 2.24) is 0 Å². The summed E-state index contributed by atoms with van der Waals surface area (Å²) in [5.74, 6) is 0. The largest absolute Gasteiger partial charge is 2.00 e. The molecule has 0 aliphatic carbocycles. The molecule has 0 bridgehead atoms. The molecule has 0 fully saturated rings. The smallest absolute Gasteiger partial charge is 1.00 e. The number of hydrogen-bond donors (Lipinski definition) is 0. The van der Waals surface area contributed by atoms with Gasteiger partial charge in [-0.1, -0.05) is 0 Å². The van der Waals surface area contributed by atoms with E-state index in [1.807, 2.05) is 0 Å². The van der Waals surface area contributed by atoms with Gasteiger partial charge in [0.25, 0.3) is 12.3 Å². The molecule has 0 unspecified atom stereocenters. The minimum Gasteiger partial charge on any atom is -1.00 e. The molecule has 0 N–H and O–H groups in total. The van der Waals surface area contributed by atoms with Crippen LogP contribution in [0.5, 0.6) is 0 Å². The topological polar surface area (TPSA) is 116 Å². The van der Waals surface area contributed by atoms with Gasteiger partial charge >= 0.3 is 156 Å². The van der Waals surface area contributed by atoms with E-state index in [2.05, 4.69) is 9.47 Å². The van der Waals surface area contributed by atoms with E-state index in [-0.39, 0.29) is 156 Å². The van der Waals surface area contributed by atoms with Crippen molar-refractivity contribution in [3.8, 4) is 0 Å². The quantitative estimate of drug-likeness (QED) is 0.235. The summed E-state index contributed by atoms with van der Waals surface area (Å²) in [5.41, 5.74) is 0. The van der Waals surface area contributed by atoms with Gasteiger partial charge in [0.2, 0.25) is 0 Å². The normalized spacial score (nSPS) is 5.71. The number of carbonyl (C=O) groups is 3. The van der Waals surface area contributed by atoms with E-state index in [1.165, 1.54) is 0 Å². The molecule has 14 heavy (non-hydrogen) atoms. The van der Waals surface area contributed by atoms with Gasteiger partial charge in [0.1, 0.15) is 0 Å². The van der Waals surface area contributed by atoms with Crippen LogP contribution in [-0.4, -0.2) is 109 Å². The van der Waals surface area contributed by atoms with Gasteiger partial charge in [0.15, 0.2) is 0 Å². The molecule has 0 aromatic carbocycles. The molecule has 0 heterocycles. The van der Waals surface area contributed by atoms with Gasteiger partial charge in [0, 0.05) is 0 Å². The molecule has 64 valence electrons. The Morgan fingerprint density at radius 3 is 1.21 bits per heavy atom. The van der Waals surface area contributed by atoms with Gasteiger partial charge in [-0.3, -0.25) is 0 Å². The molecule has 0 rings (SSSR count). The molecule has 0 aromatic heterocycles. The molecule has 7 nitrogen and oxygen atoms in total. The van der Waals surface area contributed by atoms with Crippen LogP contribution in [0.2, 0.25) is 0 Å². The first-order chi connectivity index (χ1) is 4.52. The van der Waals surface area contributed by atoms with Crippen LogP contribution < -0.4 is 69.3 Å². The first-order valence-corrected chi connectivity index (χ1v) is 1.84. The molecule has 0 saturated heterocycles. The zero-order valence-electron chi connectivity index (χ0n) is 11.8. The van der Waals surface area contributed by atoms with Crippen LogP contribution in [0.15, 0.2) is 0 Å². The monoisotopic (exact) mass is 374 g/mol. The molecular formula is C3H4Na2O7Sr2. The third-order valence-electron chi connectivity index (χ3n) is 0.333. The van der Waals surface area contributed by atoms with Crippen molar-refractivity contribution in [1.29, 1.82) is 0 Å². The second-order valence-electron chi connectivity index (χ2n) is 0.954. The molecule has 0 aliphatic heterocycles. The summed E-state index contributed by atoms with van der Waals surface area (Å²) in [6.07, 6.45) is -6.32. The molecule has 0 amide bonds. The Hall–Kier alpha value is 3.17. The predicted molar refractivity (Wildman–Crippen MR) is 34.3 cm³/mol. The zero-order valence-corrected chi connectivity index (χ0v) is 18.7. The van der Waals surface area contributed by atoms with E-state index in [0.29, 0.717) is 0 Å². The number of ether oxygens (including phenoxy) is 2. The Bertz CT molecular complexity index is 182. The van der Waals surface area contributed by atoms with E-state index in [4.69, 9.17) is 0 Å². The van der Waals surface area contributed by atoms with Crippen molar-refractivity contribution in [2.45, 2.75) is 0 Å². The maximum atomic E-state index is 9.78. The predicted octanol–water partition coefficient (Wildman–Crippen LogP) is -8.48. The van der Waals surface area contributed by atoms with Crippen LogP contribution in [0.1, 0.15) is 5.71 Å². The maximum absolute atomic E-state index is 9.78. The second kappa shape index (κ2) is 18.5. The molecular weight excluding hydrogens is 369 g/mol. The SMILES string of the molecule is O=C([O-])OC(=O)OC(=O)[O-].[H-].[H-].[H-].[H-].[Na+].[Na+].[Sr+2].[Sr+2]. The third-order valence-corrected chi connectivity index (χ3v) is 0.333. The van der Waals surface area contributed by atoms with Crippen molar-refractivity contribution < 1.29 is 98.9 Å². The van der Waals surface area contributed by atoms with E-state index >= 15 is 0 Å². The average molecular weight is 373 g/mol. The van der Waals surface area contributed by atoms with Crippen molar-refractivity contribution in [3.63, 3.8) is 0 Å². The average Bonchev–Trinajstić information content (AvgIpc) is 1.58. The first-order valence-electron chi connectivity index (χ1n) is 1.84. The summed E-state index contributed by atoms with van der Waals surface area (Å²) < 4.78 is 6.17. The summed E-state index contributed by atoms with van der Waals surface area (Å²) in [6, 6.07) is 0. The van der Waals surface area contributed by atoms with Crippen LogP contribution >= 0.6 is 0 Å². The first kappa shape index (κ1) is 30.3. The molecule has 0 spiro atoms. The molecule has 0 radical (unpaired) electrons.